The summed E-state index contributed by atoms with van der Waals surface area (Å²) in [6.07, 6.45) is -0.715. The van der Waals surface area contributed by atoms with Gasteiger partial charge in [-0.1, -0.05) is 0 Å². The van der Waals surface area contributed by atoms with Crippen molar-refractivity contribution in [3.05, 3.63) is 58.5 Å². The van der Waals surface area contributed by atoms with Crippen LogP contribution in [0.1, 0.15) is 35.2 Å². The topological polar surface area (TPSA) is 79.5 Å². The van der Waals surface area contributed by atoms with Crippen LogP contribution in [0.25, 0.3) is 0 Å². The van der Waals surface area contributed by atoms with E-state index in [0.717, 1.165) is 12.1 Å². The van der Waals surface area contributed by atoms with Gasteiger partial charge in [0.05, 0.1) is 11.9 Å². The van der Waals surface area contributed by atoms with Crippen molar-refractivity contribution < 1.29 is 26.7 Å². The van der Waals surface area contributed by atoms with Gasteiger partial charge >= 0.3 is 0 Å². The van der Waals surface area contributed by atoms with Crippen molar-refractivity contribution in [1.82, 2.24) is 4.72 Å². The fourth-order valence-electron chi connectivity index (χ4n) is 2.45. The van der Waals surface area contributed by atoms with Crippen LogP contribution in [0.4, 0.5) is 8.78 Å². The number of sulfonamides is 1. The summed E-state index contributed by atoms with van der Waals surface area (Å²) in [7, 11) is -3.77. The molecule has 0 radical (unpaired) electrons. The molecule has 5 nitrogen and oxygen atoms in total. The summed E-state index contributed by atoms with van der Waals surface area (Å²) >= 11 is 0. The first-order chi connectivity index (χ1) is 11.2. The zero-order valence-electron chi connectivity index (χ0n) is 13.3. The Labute approximate surface area is 139 Å². The number of aryl methyl sites for hydroxylation is 2. The molecule has 8 heteroatoms. The van der Waals surface area contributed by atoms with Crippen LogP contribution in [-0.4, -0.2) is 20.1 Å². The van der Waals surface area contributed by atoms with E-state index >= 15 is 0 Å². The summed E-state index contributed by atoms with van der Waals surface area (Å²) in [5.74, 6) is -0.960. The Hall–Kier alpha value is -1.77. The number of benzene rings is 1. The number of aliphatic hydroxyl groups is 1. The minimum atomic E-state index is -3.77. The van der Waals surface area contributed by atoms with Gasteiger partial charge in [-0.2, -0.15) is 0 Å². The molecule has 1 unspecified atom stereocenters. The maximum absolute atomic E-state index is 13.1. The molecular weight excluding hydrogens is 340 g/mol. The van der Waals surface area contributed by atoms with Crippen LogP contribution in [0.15, 0.2) is 28.7 Å². The van der Waals surface area contributed by atoms with E-state index in [1.807, 2.05) is 0 Å². The van der Waals surface area contributed by atoms with Crippen molar-refractivity contribution in [1.29, 1.82) is 0 Å². The van der Waals surface area contributed by atoms with Crippen LogP contribution in [0.2, 0.25) is 0 Å². The quantitative estimate of drug-likeness (QED) is 0.797. The van der Waals surface area contributed by atoms with Gasteiger partial charge in [0, 0.05) is 18.2 Å². The zero-order chi connectivity index (χ0) is 17.9. The molecule has 132 valence electrons. The minimum Gasteiger partial charge on any atom is -0.466 e. The smallest absolute Gasteiger partial charge is 0.215 e. The van der Waals surface area contributed by atoms with Gasteiger partial charge < -0.3 is 9.52 Å². The molecule has 2 N–H and O–H groups in total. The highest BCUT2D eigenvalue weighted by atomic mass is 32.2. The van der Waals surface area contributed by atoms with Gasteiger partial charge in [0.2, 0.25) is 10.0 Å². The molecule has 0 saturated carbocycles. The van der Waals surface area contributed by atoms with Gasteiger partial charge in [0.1, 0.15) is 23.2 Å². The van der Waals surface area contributed by atoms with Crippen molar-refractivity contribution in [2.75, 3.05) is 6.54 Å². The minimum absolute atomic E-state index is 0.00896. The van der Waals surface area contributed by atoms with Crippen molar-refractivity contribution in [3.8, 4) is 0 Å². The Morgan fingerprint density at radius 1 is 1.17 bits per heavy atom. The lowest BCUT2D eigenvalue weighted by Crippen LogP contribution is -2.27. The molecule has 0 aliphatic rings. The summed E-state index contributed by atoms with van der Waals surface area (Å²) in [5, 5.41) is 10.1. The van der Waals surface area contributed by atoms with E-state index in [9.17, 15) is 22.3 Å². The second-order valence-corrected chi connectivity index (χ2v) is 7.41. The molecule has 1 heterocycles. The largest absolute Gasteiger partial charge is 0.466 e. The highest BCUT2D eigenvalue weighted by Crippen LogP contribution is 2.23. The lowest BCUT2D eigenvalue weighted by molar-refractivity contribution is 0.167. The molecule has 2 aromatic rings. The van der Waals surface area contributed by atoms with E-state index in [2.05, 4.69) is 4.72 Å². The monoisotopic (exact) mass is 359 g/mol. The Balaban J connectivity index is 1.91. The maximum atomic E-state index is 13.1. The number of rotatable bonds is 7. The second kappa shape index (κ2) is 7.42. The molecule has 1 aromatic heterocycles. The average molecular weight is 359 g/mol. The average Bonchev–Trinajstić information content (AvgIpc) is 2.75. The molecular formula is C16H19F2NO4S. The van der Waals surface area contributed by atoms with Crippen LogP contribution in [-0.2, 0) is 15.8 Å². The summed E-state index contributed by atoms with van der Waals surface area (Å²) in [4.78, 5) is 0. The molecule has 24 heavy (non-hydrogen) atoms. The standard InChI is InChI=1S/C16H19F2NO4S/c1-10-5-15(11(2)23-10)16(20)3-4-19-24(21,22)9-12-6-13(17)8-14(18)7-12/h5-8,16,19-20H,3-4,9H2,1-2H3. The Morgan fingerprint density at radius 2 is 1.79 bits per heavy atom. The lowest BCUT2D eigenvalue weighted by atomic mass is 10.1. The third-order valence-corrected chi connectivity index (χ3v) is 4.81. The molecule has 0 fully saturated rings. The van der Waals surface area contributed by atoms with Gasteiger partial charge in [-0.15, -0.1) is 0 Å². The second-order valence-electron chi connectivity index (χ2n) is 5.60. The van der Waals surface area contributed by atoms with Crippen molar-refractivity contribution in [2.45, 2.75) is 32.1 Å². The van der Waals surface area contributed by atoms with E-state index in [1.165, 1.54) is 0 Å². The van der Waals surface area contributed by atoms with Gasteiger partial charge in [-0.3, -0.25) is 0 Å². The highest BCUT2D eigenvalue weighted by Gasteiger charge is 2.17. The van der Waals surface area contributed by atoms with Crippen molar-refractivity contribution in [2.24, 2.45) is 0 Å². The normalized spacial score (nSPS) is 13.2. The number of hydrogen-bond donors (Lipinski definition) is 2. The number of furan rings is 1. The fraction of sp³-hybridized carbons (Fsp3) is 0.375. The lowest BCUT2D eigenvalue weighted by Gasteiger charge is -2.11. The van der Waals surface area contributed by atoms with E-state index in [-0.39, 0.29) is 18.5 Å². The SMILES string of the molecule is Cc1cc(C(O)CCNS(=O)(=O)Cc2cc(F)cc(F)c2)c(C)o1. The molecule has 1 aromatic carbocycles. The predicted octanol–water partition coefficient (Wildman–Crippen LogP) is 2.72. The molecule has 0 amide bonds. The Morgan fingerprint density at radius 3 is 2.33 bits per heavy atom. The van der Waals surface area contributed by atoms with Gasteiger partial charge in [0.15, 0.2) is 0 Å². The van der Waals surface area contributed by atoms with E-state index in [0.29, 0.717) is 23.2 Å². The molecule has 0 spiro atoms. The highest BCUT2D eigenvalue weighted by molar-refractivity contribution is 7.88. The number of hydrogen-bond acceptors (Lipinski definition) is 4. The Bertz CT molecular complexity index is 797. The van der Waals surface area contributed by atoms with E-state index < -0.39 is 33.5 Å². The fourth-order valence-corrected chi connectivity index (χ4v) is 3.59. The zero-order valence-corrected chi connectivity index (χ0v) is 14.2. The van der Waals surface area contributed by atoms with Crippen molar-refractivity contribution in [3.63, 3.8) is 0 Å². The summed E-state index contributed by atoms with van der Waals surface area (Å²) in [6, 6.07) is 4.31. The first-order valence-corrected chi connectivity index (χ1v) is 8.99. The van der Waals surface area contributed by atoms with E-state index in [1.54, 1.807) is 19.9 Å². The molecule has 0 saturated heterocycles. The van der Waals surface area contributed by atoms with Crippen LogP contribution < -0.4 is 4.72 Å². The third-order valence-electron chi connectivity index (χ3n) is 3.46. The molecule has 0 bridgehead atoms. The van der Waals surface area contributed by atoms with Crippen molar-refractivity contribution >= 4 is 10.0 Å². The number of nitrogens with one attached hydrogen (secondary N) is 1. The van der Waals surface area contributed by atoms with Crippen LogP contribution in [0, 0.1) is 25.5 Å². The summed E-state index contributed by atoms with van der Waals surface area (Å²) in [6.45, 7) is 3.46. The van der Waals surface area contributed by atoms with Gasteiger partial charge in [-0.05, 0) is 44.0 Å². The summed E-state index contributed by atoms with van der Waals surface area (Å²) in [5.41, 5.74) is 0.626. The molecule has 0 aliphatic carbocycles. The van der Waals surface area contributed by atoms with Crippen LogP contribution in [0.5, 0.6) is 0 Å². The van der Waals surface area contributed by atoms with E-state index in [4.69, 9.17) is 4.42 Å². The molecule has 0 aliphatic heterocycles. The number of aliphatic hydroxyl groups excluding tert-OH is 1. The summed E-state index contributed by atoms with van der Waals surface area (Å²) < 4.78 is 57.7. The maximum Gasteiger partial charge on any atom is 0.215 e. The molecule has 1 atom stereocenters. The number of halogens is 2. The predicted molar refractivity (Wildman–Crippen MR) is 84.7 cm³/mol. The third kappa shape index (κ3) is 5.12. The van der Waals surface area contributed by atoms with Gasteiger partial charge in [0.25, 0.3) is 0 Å². The molecule has 2 rings (SSSR count). The first-order valence-electron chi connectivity index (χ1n) is 7.33. The van der Waals surface area contributed by atoms with Crippen LogP contribution in [0.3, 0.4) is 0 Å². The van der Waals surface area contributed by atoms with Gasteiger partial charge in [-0.25, -0.2) is 21.9 Å². The van der Waals surface area contributed by atoms with Crippen LogP contribution >= 0.6 is 0 Å². The first kappa shape index (κ1) is 18.6. The Kier molecular flexibility index (Phi) is 5.74.